The largest absolute Gasteiger partial charge is 0.465 e. The molecule has 0 rings (SSSR count). The Bertz CT molecular complexity index is 295. The van der Waals surface area contributed by atoms with Crippen LogP contribution in [-0.2, 0) is 14.3 Å². The fourth-order valence-corrected chi connectivity index (χ4v) is 2.77. The first-order valence-electron chi connectivity index (χ1n) is 7.99. The molecule has 2 unspecified atom stereocenters. The first-order valence-corrected chi connectivity index (χ1v) is 7.99. The molecule has 0 aliphatic carbocycles. The second-order valence-electron chi connectivity index (χ2n) is 6.38. The van der Waals surface area contributed by atoms with Gasteiger partial charge in [-0.05, 0) is 25.2 Å². The van der Waals surface area contributed by atoms with Gasteiger partial charge in [0.25, 0.3) is 0 Å². The molecule has 0 saturated carbocycles. The van der Waals surface area contributed by atoms with Crippen LogP contribution in [-0.4, -0.2) is 18.4 Å². The van der Waals surface area contributed by atoms with Crippen molar-refractivity contribution in [1.82, 2.24) is 0 Å². The topological polar surface area (TPSA) is 43.4 Å². The van der Waals surface area contributed by atoms with Crippen LogP contribution in [0.5, 0.6) is 0 Å². The number of ether oxygens (including phenoxy) is 1. The Kier molecular flexibility index (Phi) is 9.52. The van der Waals surface area contributed by atoms with Crippen LogP contribution < -0.4 is 0 Å². The Balaban J connectivity index is 4.57. The molecule has 0 saturated heterocycles. The van der Waals surface area contributed by atoms with Gasteiger partial charge < -0.3 is 4.74 Å². The average Bonchev–Trinajstić information content (AvgIpc) is 2.33. The van der Waals surface area contributed by atoms with Gasteiger partial charge in [-0.2, -0.15) is 0 Å². The van der Waals surface area contributed by atoms with Crippen molar-refractivity contribution in [2.24, 2.45) is 23.7 Å². The van der Waals surface area contributed by atoms with Gasteiger partial charge in [0.15, 0.2) is 0 Å². The summed E-state index contributed by atoms with van der Waals surface area (Å²) in [6, 6.07) is 0. The molecular formula is C17H32O3. The second kappa shape index (κ2) is 9.95. The van der Waals surface area contributed by atoms with Gasteiger partial charge in [-0.25, -0.2) is 0 Å². The van der Waals surface area contributed by atoms with Crippen molar-refractivity contribution < 1.29 is 14.3 Å². The molecule has 3 heteroatoms. The SMILES string of the molecule is CCCCCCOC(=O)C(C(C)C)C(C(C)=O)C(C)C. The van der Waals surface area contributed by atoms with Gasteiger partial charge in [0, 0.05) is 5.92 Å². The summed E-state index contributed by atoms with van der Waals surface area (Å²) in [4.78, 5) is 24.1. The normalized spacial score (nSPS) is 14.4. The van der Waals surface area contributed by atoms with Gasteiger partial charge in [0.1, 0.15) is 5.78 Å². The fourth-order valence-electron chi connectivity index (χ4n) is 2.77. The average molecular weight is 284 g/mol. The van der Waals surface area contributed by atoms with E-state index in [9.17, 15) is 9.59 Å². The number of carbonyl (C=O) groups excluding carboxylic acids is 2. The Morgan fingerprint density at radius 3 is 1.85 bits per heavy atom. The highest BCUT2D eigenvalue weighted by atomic mass is 16.5. The predicted octanol–water partition coefficient (Wildman–Crippen LogP) is 4.24. The van der Waals surface area contributed by atoms with Crippen molar-refractivity contribution in [3.8, 4) is 0 Å². The lowest BCUT2D eigenvalue weighted by atomic mass is 9.75. The number of carbonyl (C=O) groups is 2. The van der Waals surface area contributed by atoms with Crippen molar-refractivity contribution in [3.05, 3.63) is 0 Å². The monoisotopic (exact) mass is 284 g/mol. The summed E-state index contributed by atoms with van der Waals surface area (Å²) >= 11 is 0. The molecule has 0 fully saturated rings. The summed E-state index contributed by atoms with van der Waals surface area (Å²) in [6.07, 6.45) is 4.35. The first kappa shape index (κ1) is 19.1. The lowest BCUT2D eigenvalue weighted by Gasteiger charge is -2.29. The number of hydrogen-bond acceptors (Lipinski definition) is 3. The summed E-state index contributed by atoms with van der Waals surface area (Å²) in [7, 11) is 0. The molecule has 0 aromatic carbocycles. The lowest BCUT2D eigenvalue weighted by molar-refractivity contribution is -0.156. The first-order chi connectivity index (χ1) is 9.32. The van der Waals surface area contributed by atoms with Crippen molar-refractivity contribution >= 4 is 11.8 Å². The Morgan fingerprint density at radius 2 is 1.45 bits per heavy atom. The molecule has 0 N–H and O–H groups in total. The maximum Gasteiger partial charge on any atom is 0.309 e. The van der Waals surface area contributed by atoms with Crippen molar-refractivity contribution in [2.75, 3.05) is 6.61 Å². The van der Waals surface area contributed by atoms with Crippen LogP contribution in [0.4, 0.5) is 0 Å². The lowest BCUT2D eigenvalue weighted by Crippen LogP contribution is -2.37. The smallest absolute Gasteiger partial charge is 0.309 e. The maximum absolute atomic E-state index is 12.3. The minimum absolute atomic E-state index is 0.0848. The van der Waals surface area contributed by atoms with E-state index in [0.717, 1.165) is 12.8 Å². The zero-order chi connectivity index (χ0) is 15.7. The molecule has 2 atom stereocenters. The minimum atomic E-state index is -0.321. The maximum atomic E-state index is 12.3. The van der Waals surface area contributed by atoms with E-state index in [1.165, 1.54) is 12.8 Å². The number of esters is 1. The molecule has 3 nitrogen and oxygen atoms in total. The van der Waals surface area contributed by atoms with Crippen LogP contribution in [0, 0.1) is 23.7 Å². The highest BCUT2D eigenvalue weighted by Gasteiger charge is 2.37. The Hall–Kier alpha value is -0.860. The minimum Gasteiger partial charge on any atom is -0.465 e. The third-order valence-electron chi connectivity index (χ3n) is 3.81. The number of rotatable bonds is 10. The number of hydrogen-bond donors (Lipinski definition) is 0. The zero-order valence-corrected chi connectivity index (χ0v) is 14.1. The van der Waals surface area contributed by atoms with Gasteiger partial charge in [-0.3, -0.25) is 9.59 Å². The van der Waals surface area contributed by atoms with Crippen LogP contribution in [0.15, 0.2) is 0 Å². The second-order valence-corrected chi connectivity index (χ2v) is 6.38. The molecule has 0 aromatic rings. The summed E-state index contributed by atoms with van der Waals surface area (Å²) in [5, 5.41) is 0. The standard InChI is InChI=1S/C17H32O3/c1-7-8-9-10-11-20-17(19)16(13(4)5)15(12(2)3)14(6)18/h12-13,15-16H,7-11H2,1-6H3. The third kappa shape index (κ3) is 6.53. The van der Waals surface area contributed by atoms with Crippen molar-refractivity contribution in [3.63, 3.8) is 0 Å². The fraction of sp³-hybridized carbons (Fsp3) is 0.882. The predicted molar refractivity (Wildman–Crippen MR) is 82.4 cm³/mol. The molecule has 0 aliphatic rings. The molecule has 0 radical (unpaired) electrons. The summed E-state index contributed by atoms with van der Waals surface area (Å²) < 4.78 is 5.40. The quantitative estimate of drug-likeness (QED) is 0.445. The van der Waals surface area contributed by atoms with E-state index < -0.39 is 0 Å². The molecule has 20 heavy (non-hydrogen) atoms. The Labute approximate surface area is 124 Å². The Morgan fingerprint density at radius 1 is 0.900 bits per heavy atom. The molecular weight excluding hydrogens is 252 g/mol. The van der Waals surface area contributed by atoms with Gasteiger partial charge in [-0.1, -0.05) is 53.9 Å². The van der Waals surface area contributed by atoms with Crippen LogP contribution in [0.3, 0.4) is 0 Å². The summed E-state index contributed by atoms with van der Waals surface area (Å²) in [6.45, 7) is 12.2. The highest BCUT2D eigenvalue weighted by Crippen LogP contribution is 2.29. The molecule has 0 bridgehead atoms. The van der Waals surface area contributed by atoms with E-state index in [1.54, 1.807) is 6.92 Å². The van der Waals surface area contributed by atoms with Crippen molar-refractivity contribution in [2.45, 2.75) is 67.2 Å². The van der Waals surface area contributed by atoms with E-state index in [4.69, 9.17) is 4.74 Å². The third-order valence-corrected chi connectivity index (χ3v) is 3.81. The number of ketones is 1. The van der Waals surface area contributed by atoms with Gasteiger partial charge in [0.05, 0.1) is 12.5 Å². The van der Waals surface area contributed by atoms with Gasteiger partial charge in [-0.15, -0.1) is 0 Å². The molecule has 0 amide bonds. The van der Waals surface area contributed by atoms with E-state index in [1.807, 2.05) is 27.7 Å². The molecule has 0 aliphatic heterocycles. The van der Waals surface area contributed by atoms with E-state index in [2.05, 4.69) is 6.92 Å². The molecule has 0 heterocycles. The van der Waals surface area contributed by atoms with Gasteiger partial charge >= 0.3 is 5.97 Å². The number of unbranched alkanes of at least 4 members (excludes halogenated alkanes) is 3. The zero-order valence-electron chi connectivity index (χ0n) is 14.1. The molecule has 0 aromatic heterocycles. The van der Waals surface area contributed by atoms with Crippen LogP contribution in [0.2, 0.25) is 0 Å². The summed E-state index contributed by atoms with van der Waals surface area (Å²) in [5.74, 6) is -0.397. The summed E-state index contributed by atoms with van der Waals surface area (Å²) in [5.41, 5.74) is 0. The van der Waals surface area contributed by atoms with E-state index in [0.29, 0.717) is 6.61 Å². The van der Waals surface area contributed by atoms with Crippen molar-refractivity contribution in [1.29, 1.82) is 0 Å². The van der Waals surface area contributed by atoms with Crippen LogP contribution in [0.25, 0.3) is 0 Å². The highest BCUT2D eigenvalue weighted by molar-refractivity contribution is 5.85. The number of Topliss-reactive ketones (excluding diaryl/α,β-unsaturated/α-hetero) is 1. The van der Waals surface area contributed by atoms with Gasteiger partial charge in [0.2, 0.25) is 0 Å². The van der Waals surface area contributed by atoms with Crippen LogP contribution in [0.1, 0.15) is 67.2 Å². The van der Waals surface area contributed by atoms with E-state index in [-0.39, 0.29) is 35.4 Å². The van der Waals surface area contributed by atoms with Crippen LogP contribution >= 0.6 is 0 Å². The van der Waals surface area contributed by atoms with E-state index >= 15 is 0 Å². The molecule has 0 spiro atoms. The molecule has 118 valence electrons.